The third-order valence-electron chi connectivity index (χ3n) is 2.83. The third kappa shape index (κ3) is 3.56. The summed E-state index contributed by atoms with van der Waals surface area (Å²) in [6.45, 7) is 2.43. The van der Waals surface area contributed by atoms with Crippen LogP contribution in [0.3, 0.4) is 0 Å². The van der Waals surface area contributed by atoms with E-state index >= 15 is 0 Å². The predicted octanol–water partition coefficient (Wildman–Crippen LogP) is 5.46. The minimum Gasteiger partial charge on any atom is -0.207 e. The second-order valence-electron chi connectivity index (χ2n) is 4.42. The van der Waals surface area contributed by atoms with Gasteiger partial charge in [-0.25, -0.2) is 4.39 Å². The molecule has 0 N–H and O–H groups in total. The van der Waals surface area contributed by atoms with E-state index in [4.69, 9.17) is 11.6 Å². The molecule has 0 saturated heterocycles. The second kappa shape index (κ2) is 5.42. The van der Waals surface area contributed by atoms with Crippen LogP contribution >= 0.6 is 11.6 Å². The SMILES string of the molecule is Cc1cc(F)cc(C)c1C(Cl)C(C(F)(F)F)C(F)(F)F. The zero-order chi connectivity index (χ0) is 15.9. The first-order valence-corrected chi connectivity index (χ1v) is 5.83. The fourth-order valence-corrected chi connectivity index (χ4v) is 2.67. The lowest BCUT2D eigenvalue weighted by molar-refractivity contribution is -0.284. The molecular weight excluding hydrogens is 313 g/mol. The Kier molecular flexibility index (Phi) is 4.63. The second-order valence-corrected chi connectivity index (χ2v) is 4.89. The minimum atomic E-state index is -5.54. The molecule has 0 aliphatic heterocycles. The first kappa shape index (κ1) is 17.1. The normalized spacial score (nSPS) is 14.8. The molecule has 0 spiro atoms. The van der Waals surface area contributed by atoms with Crippen molar-refractivity contribution in [1.82, 2.24) is 0 Å². The molecule has 1 unspecified atom stereocenters. The van der Waals surface area contributed by atoms with E-state index < -0.39 is 29.5 Å². The topological polar surface area (TPSA) is 0 Å². The Morgan fingerprint density at radius 3 is 1.55 bits per heavy atom. The Balaban J connectivity index is 3.38. The van der Waals surface area contributed by atoms with Crippen molar-refractivity contribution in [3.05, 3.63) is 34.6 Å². The number of benzene rings is 1. The van der Waals surface area contributed by atoms with E-state index in [0.717, 1.165) is 12.1 Å². The Morgan fingerprint density at radius 2 is 1.25 bits per heavy atom. The average Bonchev–Trinajstić information content (AvgIpc) is 2.09. The maximum absolute atomic E-state index is 13.1. The lowest BCUT2D eigenvalue weighted by Crippen LogP contribution is -2.39. The molecule has 0 saturated carbocycles. The largest absolute Gasteiger partial charge is 0.402 e. The molecule has 114 valence electrons. The molecular formula is C12H10ClF7. The van der Waals surface area contributed by atoms with Crippen molar-refractivity contribution in [3.63, 3.8) is 0 Å². The van der Waals surface area contributed by atoms with Gasteiger partial charge in [0.1, 0.15) is 5.82 Å². The van der Waals surface area contributed by atoms with Crippen molar-refractivity contribution in [2.75, 3.05) is 0 Å². The van der Waals surface area contributed by atoms with Crippen LogP contribution in [0.1, 0.15) is 22.1 Å². The zero-order valence-electron chi connectivity index (χ0n) is 10.3. The van der Waals surface area contributed by atoms with E-state index in [-0.39, 0.29) is 16.7 Å². The molecule has 0 amide bonds. The van der Waals surface area contributed by atoms with Gasteiger partial charge in [0.25, 0.3) is 0 Å². The summed E-state index contributed by atoms with van der Waals surface area (Å²) in [5.41, 5.74) is -0.463. The van der Waals surface area contributed by atoms with Crippen LogP contribution in [-0.4, -0.2) is 12.4 Å². The first-order valence-electron chi connectivity index (χ1n) is 5.40. The van der Waals surface area contributed by atoms with Gasteiger partial charge < -0.3 is 0 Å². The quantitative estimate of drug-likeness (QED) is 0.501. The minimum absolute atomic E-state index is 0.0546. The highest BCUT2D eigenvalue weighted by Gasteiger charge is 2.60. The van der Waals surface area contributed by atoms with Gasteiger partial charge in [0, 0.05) is 0 Å². The van der Waals surface area contributed by atoms with Crippen LogP contribution in [0, 0.1) is 25.6 Å². The molecule has 0 fully saturated rings. The van der Waals surface area contributed by atoms with E-state index in [1.54, 1.807) is 0 Å². The highest BCUT2D eigenvalue weighted by molar-refractivity contribution is 6.21. The number of rotatable bonds is 2. The van der Waals surface area contributed by atoms with Crippen molar-refractivity contribution in [1.29, 1.82) is 0 Å². The van der Waals surface area contributed by atoms with Crippen molar-refractivity contribution in [2.24, 2.45) is 5.92 Å². The van der Waals surface area contributed by atoms with Crippen LogP contribution < -0.4 is 0 Å². The van der Waals surface area contributed by atoms with Gasteiger partial charge in [-0.15, -0.1) is 11.6 Å². The summed E-state index contributed by atoms with van der Waals surface area (Å²) < 4.78 is 88.8. The van der Waals surface area contributed by atoms with Gasteiger partial charge in [0.05, 0.1) is 5.38 Å². The molecule has 1 aromatic carbocycles. The van der Waals surface area contributed by atoms with Crippen molar-refractivity contribution in [2.45, 2.75) is 31.6 Å². The van der Waals surface area contributed by atoms with Gasteiger partial charge in [0.15, 0.2) is 5.92 Å². The molecule has 20 heavy (non-hydrogen) atoms. The van der Waals surface area contributed by atoms with Crippen LogP contribution in [0.4, 0.5) is 30.7 Å². The Hall–Kier alpha value is -0.980. The summed E-state index contributed by atoms with van der Waals surface area (Å²) >= 11 is 5.44. The van der Waals surface area contributed by atoms with E-state index in [1.807, 2.05) is 0 Å². The highest BCUT2D eigenvalue weighted by Crippen LogP contribution is 2.50. The number of hydrogen-bond acceptors (Lipinski definition) is 0. The summed E-state index contributed by atoms with van der Waals surface area (Å²) in [7, 11) is 0. The Bertz CT molecular complexity index is 453. The molecule has 1 rings (SSSR count). The summed E-state index contributed by atoms with van der Waals surface area (Å²) in [5, 5.41) is -2.37. The number of alkyl halides is 7. The fourth-order valence-electron chi connectivity index (χ4n) is 2.04. The summed E-state index contributed by atoms with van der Waals surface area (Å²) in [5.74, 6) is -4.46. The maximum Gasteiger partial charge on any atom is 0.402 e. The van der Waals surface area contributed by atoms with E-state index in [1.165, 1.54) is 13.8 Å². The lowest BCUT2D eigenvalue weighted by Gasteiger charge is -2.28. The number of aryl methyl sites for hydroxylation is 2. The van der Waals surface area contributed by atoms with Crippen molar-refractivity contribution >= 4 is 11.6 Å². The Labute approximate surface area is 115 Å². The molecule has 8 heteroatoms. The predicted molar refractivity (Wildman–Crippen MR) is 60.1 cm³/mol. The van der Waals surface area contributed by atoms with Gasteiger partial charge in [-0.05, 0) is 42.7 Å². The first-order chi connectivity index (χ1) is 8.85. The monoisotopic (exact) mass is 322 g/mol. The third-order valence-corrected chi connectivity index (χ3v) is 3.30. The zero-order valence-corrected chi connectivity index (χ0v) is 11.1. The number of hydrogen-bond donors (Lipinski definition) is 0. The average molecular weight is 323 g/mol. The van der Waals surface area contributed by atoms with E-state index in [0.29, 0.717) is 0 Å². The van der Waals surface area contributed by atoms with Crippen LogP contribution in [0.5, 0.6) is 0 Å². The molecule has 1 aromatic rings. The van der Waals surface area contributed by atoms with E-state index in [9.17, 15) is 30.7 Å². The number of halogens is 8. The molecule has 0 aliphatic carbocycles. The van der Waals surface area contributed by atoms with Crippen LogP contribution in [0.2, 0.25) is 0 Å². The van der Waals surface area contributed by atoms with Gasteiger partial charge in [0.2, 0.25) is 0 Å². The van der Waals surface area contributed by atoms with E-state index in [2.05, 4.69) is 0 Å². The molecule has 0 aliphatic rings. The summed E-state index contributed by atoms with van der Waals surface area (Å²) in [6, 6.07) is 1.70. The molecule has 0 nitrogen and oxygen atoms in total. The van der Waals surface area contributed by atoms with Gasteiger partial charge in [-0.1, -0.05) is 0 Å². The lowest BCUT2D eigenvalue weighted by atomic mass is 9.91. The van der Waals surface area contributed by atoms with Gasteiger partial charge in [-0.2, -0.15) is 26.3 Å². The van der Waals surface area contributed by atoms with Gasteiger partial charge >= 0.3 is 12.4 Å². The highest BCUT2D eigenvalue weighted by atomic mass is 35.5. The van der Waals surface area contributed by atoms with Crippen LogP contribution in [-0.2, 0) is 0 Å². The smallest absolute Gasteiger partial charge is 0.207 e. The maximum atomic E-state index is 13.1. The summed E-state index contributed by atoms with van der Waals surface area (Å²) in [4.78, 5) is 0. The molecule has 0 radical (unpaired) electrons. The van der Waals surface area contributed by atoms with Crippen molar-refractivity contribution < 1.29 is 30.7 Å². The van der Waals surface area contributed by atoms with Gasteiger partial charge in [-0.3, -0.25) is 0 Å². The summed E-state index contributed by atoms with van der Waals surface area (Å²) in [6.07, 6.45) is -11.1. The van der Waals surface area contributed by atoms with Crippen molar-refractivity contribution in [3.8, 4) is 0 Å². The Morgan fingerprint density at radius 1 is 0.900 bits per heavy atom. The van der Waals surface area contributed by atoms with Crippen LogP contribution in [0.15, 0.2) is 12.1 Å². The molecule has 0 bridgehead atoms. The molecule has 0 heterocycles. The molecule has 0 aromatic heterocycles. The molecule has 1 atom stereocenters. The fraction of sp³-hybridized carbons (Fsp3) is 0.500. The van der Waals surface area contributed by atoms with Crippen LogP contribution in [0.25, 0.3) is 0 Å². The standard InChI is InChI=1S/C12H10ClF7/c1-5-3-7(14)4-6(2)8(5)9(13)10(11(15,16)17)12(18,19)20/h3-4,9-10H,1-2H3.